The van der Waals surface area contributed by atoms with E-state index in [0.717, 1.165) is 16.7 Å². The van der Waals surface area contributed by atoms with Gasteiger partial charge in [0, 0.05) is 13.1 Å². The second-order valence-electron chi connectivity index (χ2n) is 5.52. The molecular weight excluding hydrogens is 340 g/mol. The summed E-state index contributed by atoms with van der Waals surface area (Å²) >= 11 is 1.53. The Morgan fingerprint density at radius 3 is 2.52 bits per heavy atom. The lowest BCUT2D eigenvalue weighted by Gasteiger charge is -2.18. The molecule has 134 valence electrons. The number of ether oxygens (including phenoxy) is 1. The summed E-state index contributed by atoms with van der Waals surface area (Å²) in [5.41, 5.74) is 2.94. The van der Waals surface area contributed by atoms with Gasteiger partial charge in [0.15, 0.2) is 0 Å². The van der Waals surface area contributed by atoms with E-state index in [4.69, 9.17) is 9.84 Å². The lowest BCUT2D eigenvalue weighted by Crippen LogP contribution is -2.41. The molecule has 0 bridgehead atoms. The van der Waals surface area contributed by atoms with Gasteiger partial charge in [-0.2, -0.15) is 11.3 Å². The van der Waals surface area contributed by atoms with Crippen LogP contribution in [0.2, 0.25) is 0 Å². The summed E-state index contributed by atoms with van der Waals surface area (Å²) in [5, 5.41) is 17.9. The van der Waals surface area contributed by atoms with E-state index in [2.05, 4.69) is 10.6 Å². The number of benzene rings is 1. The summed E-state index contributed by atoms with van der Waals surface area (Å²) in [5.74, 6) is -1.39. The smallest absolute Gasteiger partial charge is 0.309 e. The first-order valence-corrected chi connectivity index (χ1v) is 8.90. The number of aliphatic hydroxyl groups excluding tert-OH is 1. The van der Waals surface area contributed by atoms with E-state index in [9.17, 15) is 9.59 Å². The summed E-state index contributed by atoms with van der Waals surface area (Å²) in [7, 11) is 0. The fourth-order valence-corrected chi connectivity index (χ4v) is 2.84. The van der Waals surface area contributed by atoms with Crippen molar-refractivity contribution in [2.45, 2.75) is 19.6 Å². The number of rotatable bonds is 8. The number of amides is 2. The van der Waals surface area contributed by atoms with Gasteiger partial charge in [0.2, 0.25) is 0 Å². The minimum atomic E-state index is -0.708. The lowest BCUT2D eigenvalue weighted by molar-refractivity contribution is -0.139. The normalized spacial score (nSPS) is 11.8. The van der Waals surface area contributed by atoms with E-state index in [-0.39, 0.29) is 19.8 Å². The average molecular weight is 362 g/mol. The summed E-state index contributed by atoms with van der Waals surface area (Å²) in [6.07, 6.45) is -0.429. The fraction of sp³-hybridized carbons (Fsp3) is 0.333. The van der Waals surface area contributed by atoms with E-state index >= 15 is 0 Å². The molecule has 1 atom stereocenters. The molecular formula is C18H22N2O4S. The number of nitrogens with one attached hydrogen (secondary N) is 2. The first-order valence-electron chi connectivity index (χ1n) is 7.96. The first-order chi connectivity index (χ1) is 12.1. The number of thiophene rings is 1. The molecule has 25 heavy (non-hydrogen) atoms. The highest BCUT2D eigenvalue weighted by Gasteiger charge is 2.17. The van der Waals surface area contributed by atoms with Crippen LogP contribution in [0.4, 0.5) is 0 Å². The van der Waals surface area contributed by atoms with Gasteiger partial charge in [-0.05, 0) is 34.9 Å². The molecule has 0 fully saturated rings. The number of hydrogen-bond acceptors (Lipinski definition) is 5. The maximum Gasteiger partial charge on any atom is 0.309 e. The van der Waals surface area contributed by atoms with E-state index in [1.807, 2.05) is 48.0 Å². The fourth-order valence-electron chi connectivity index (χ4n) is 2.17. The third kappa shape index (κ3) is 6.30. The first kappa shape index (κ1) is 19.1. The molecule has 1 aromatic carbocycles. The standard InChI is InChI=1S/C18H22N2O4S/c1-13-2-4-15(5-3-13)16(24-8-7-21)11-20-18(23)17(22)19-10-14-6-9-25-12-14/h2-6,9,12,16,21H,7-8,10-11H2,1H3,(H,19,22)(H,20,23). The van der Waals surface area contributed by atoms with Crippen molar-refractivity contribution in [2.75, 3.05) is 19.8 Å². The molecule has 0 spiro atoms. The van der Waals surface area contributed by atoms with Crippen LogP contribution in [0.25, 0.3) is 0 Å². The average Bonchev–Trinajstić information content (AvgIpc) is 3.14. The number of carbonyl (C=O) groups is 2. The molecule has 7 heteroatoms. The topological polar surface area (TPSA) is 87.7 Å². The monoisotopic (exact) mass is 362 g/mol. The largest absolute Gasteiger partial charge is 0.394 e. The van der Waals surface area contributed by atoms with Crippen LogP contribution in [0, 0.1) is 6.92 Å². The van der Waals surface area contributed by atoms with Crippen LogP contribution in [-0.4, -0.2) is 36.7 Å². The molecule has 6 nitrogen and oxygen atoms in total. The number of hydrogen-bond donors (Lipinski definition) is 3. The van der Waals surface area contributed by atoms with Gasteiger partial charge in [0.1, 0.15) is 0 Å². The Labute approximate surface area is 150 Å². The van der Waals surface area contributed by atoms with Gasteiger partial charge in [-0.25, -0.2) is 0 Å². The lowest BCUT2D eigenvalue weighted by atomic mass is 10.1. The number of aliphatic hydroxyl groups is 1. The third-order valence-corrected chi connectivity index (χ3v) is 4.28. The molecule has 1 unspecified atom stereocenters. The van der Waals surface area contributed by atoms with Gasteiger partial charge in [-0.15, -0.1) is 0 Å². The van der Waals surface area contributed by atoms with Crippen molar-refractivity contribution in [1.82, 2.24) is 10.6 Å². The zero-order valence-electron chi connectivity index (χ0n) is 14.0. The van der Waals surface area contributed by atoms with Crippen molar-refractivity contribution in [3.8, 4) is 0 Å². The Hall–Kier alpha value is -2.22. The highest BCUT2D eigenvalue weighted by atomic mass is 32.1. The Kier molecular flexibility index (Phi) is 7.59. The Morgan fingerprint density at radius 1 is 1.16 bits per heavy atom. The zero-order valence-corrected chi connectivity index (χ0v) is 14.8. The van der Waals surface area contributed by atoms with E-state index in [0.29, 0.717) is 6.54 Å². The maximum atomic E-state index is 11.9. The van der Waals surface area contributed by atoms with Crippen molar-refractivity contribution in [3.05, 3.63) is 57.8 Å². The SMILES string of the molecule is Cc1ccc(C(CNC(=O)C(=O)NCc2ccsc2)OCCO)cc1. The van der Waals surface area contributed by atoms with Crippen LogP contribution in [0.1, 0.15) is 22.8 Å². The van der Waals surface area contributed by atoms with Crippen molar-refractivity contribution >= 4 is 23.2 Å². The van der Waals surface area contributed by atoms with Crippen LogP contribution >= 0.6 is 11.3 Å². The van der Waals surface area contributed by atoms with E-state index in [1.54, 1.807) is 0 Å². The number of carbonyl (C=O) groups excluding carboxylic acids is 2. The molecule has 1 heterocycles. The minimum Gasteiger partial charge on any atom is -0.394 e. The molecule has 1 aromatic heterocycles. The molecule has 2 rings (SSSR count). The molecule has 0 saturated carbocycles. The molecule has 0 aliphatic carbocycles. The minimum absolute atomic E-state index is 0.114. The Balaban J connectivity index is 1.86. The van der Waals surface area contributed by atoms with Gasteiger partial charge in [-0.1, -0.05) is 29.8 Å². The molecule has 3 N–H and O–H groups in total. The van der Waals surface area contributed by atoms with Crippen LogP contribution in [0.3, 0.4) is 0 Å². The van der Waals surface area contributed by atoms with Crippen molar-refractivity contribution < 1.29 is 19.4 Å². The molecule has 0 radical (unpaired) electrons. The highest BCUT2D eigenvalue weighted by Crippen LogP contribution is 2.17. The number of aryl methyl sites for hydroxylation is 1. The zero-order chi connectivity index (χ0) is 18.1. The third-order valence-electron chi connectivity index (χ3n) is 3.55. The van der Waals surface area contributed by atoms with Crippen molar-refractivity contribution in [1.29, 1.82) is 0 Å². The van der Waals surface area contributed by atoms with Gasteiger partial charge < -0.3 is 20.5 Å². The van der Waals surface area contributed by atoms with Crippen LogP contribution in [0.5, 0.6) is 0 Å². The van der Waals surface area contributed by atoms with Crippen molar-refractivity contribution in [3.63, 3.8) is 0 Å². The molecule has 2 aromatic rings. The summed E-state index contributed by atoms with van der Waals surface area (Å²) in [6.45, 7) is 2.48. The highest BCUT2D eigenvalue weighted by molar-refractivity contribution is 7.07. The van der Waals surface area contributed by atoms with E-state index < -0.39 is 17.9 Å². The molecule has 0 aliphatic heterocycles. The second kappa shape index (κ2) is 9.93. The van der Waals surface area contributed by atoms with E-state index in [1.165, 1.54) is 11.3 Å². The van der Waals surface area contributed by atoms with Gasteiger partial charge in [0.05, 0.1) is 19.3 Å². The summed E-state index contributed by atoms with van der Waals surface area (Å²) in [6, 6.07) is 9.58. The second-order valence-corrected chi connectivity index (χ2v) is 6.30. The van der Waals surface area contributed by atoms with Crippen LogP contribution in [0.15, 0.2) is 41.1 Å². The maximum absolute atomic E-state index is 11.9. The quantitative estimate of drug-likeness (QED) is 0.622. The van der Waals surface area contributed by atoms with Crippen molar-refractivity contribution in [2.24, 2.45) is 0 Å². The van der Waals surface area contributed by atoms with Crippen LogP contribution < -0.4 is 10.6 Å². The Morgan fingerprint density at radius 2 is 1.88 bits per heavy atom. The van der Waals surface area contributed by atoms with Gasteiger partial charge in [0.25, 0.3) is 0 Å². The Bertz CT molecular complexity index is 671. The molecule has 0 saturated heterocycles. The van der Waals surface area contributed by atoms with Gasteiger partial charge in [-0.3, -0.25) is 9.59 Å². The summed E-state index contributed by atoms with van der Waals surface area (Å²) in [4.78, 5) is 23.8. The predicted octanol–water partition coefficient (Wildman–Crippen LogP) is 1.54. The molecule has 0 aliphatic rings. The molecule has 2 amide bonds. The van der Waals surface area contributed by atoms with Gasteiger partial charge >= 0.3 is 11.8 Å². The van der Waals surface area contributed by atoms with Crippen LogP contribution in [-0.2, 0) is 20.9 Å². The predicted molar refractivity (Wildman–Crippen MR) is 96.1 cm³/mol. The summed E-state index contributed by atoms with van der Waals surface area (Å²) < 4.78 is 5.57.